The summed E-state index contributed by atoms with van der Waals surface area (Å²) >= 11 is 0. The lowest BCUT2D eigenvalue weighted by Crippen LogP contribution is -2.62. The molecule has 2 saturated heterocycles. The van der Waals surface area contributed by atoms with Crippen molar-refractivity contribution in [2.24, 2.45) is 5.41 Å². The van der Waals surface area contributed by atoms with Gasteiger partial charge in [-0.1, -0.05) is 13.8 Å². The molecule has 1 aromatic heterocycles. The highest BCUT2D eigenvalue weighted by molar-refractivity contribution is 5.31. The molecule has 3 rings (SSSR count). The highest BCUT2D eigenvalue weighted by Crippen LogP contribution is 2.40. The third-order valence-corrected chi connectivity index (χ3v) is 5.07. The van der Waals surface area contributed by atoms with E-state index in [1.807, 2.05) is 6.07 Å². The average molecular weight is 306 g/mol. The van der Waals surface area contributed by atoms with Gasteiger partial charge in [0.2, 0.25) is 5.95 Å². The van der Waals surface area contributed by atoms with E-state index in [-0.39, 0.29) is 5.41 Å². The summed E-state index contributed by atoms with van der Waals surface area (Å²) in [5.41, 5.74) is -0.904. The number of hydrogen-bond acceptors (Lipinski definition) is 6. The number of anilines is 1. The Bertz CT molecular complexity index is 490. The maximum atomic E-state index is 11.3. The zero-order valence-corrected chi connectivity index (χ0v) is 13.5. The summed E-state index contributed by atoms with van der Waals surface area (Å²) in [6.45, 7) is 9.89. The van der Waals surface area contributed by atoms with Crippen molar-refractivity contribution in [3.05, 3.63) is 18.5 Å². The summed E-state index contributed by atoms with van der Waals surface area (Å²) in [6.07, 6.45) is 4.27. The molecule has 1 unspecified atom stereocenters. The minimum atomic E-state index is -0.685. The first-order valence-corrected chi connectivity index (χ1v) is 8.05. The Hall–Kier alpha value is -1.24. The Morgan fingerprint density at radius 1 is 1.18 bits per heavy atom. The fourth-order valence-electron chi connectivity index (χ4n) is 3.41. The van der Waals surface area contributed by atoms with E-state index in [2.05, 4.69) is 33.6 Å². The van der Waals surface area contributed by atoms with Gasteiger partial charge in [0.15, 0.2) is 0 Å². The average Bonchev–Trinajstić information content (AvgIpc) is 2.52. The molecule has 0 saturated carbocycles. The van der Waals surface area contributed by atoms with Crippen LogP contribution in [0.25, 0.3) is 0 Å². The van der Waals surface area contributed by atoms with Crippen molar-refractivity contribution < 1.29 is 9.84 Å². The summed E-state index contributed by atoms with van der Waals surface area (Å²) in [7, 11) is 0. The number of aromatic nitrogens is 2. The molecule has 22 heavy (non-hydrogen) atoms. The van der Waals surface area contributed by atoms with Crippen molar-refractivity contribution in [3.8, 4) is 0 Å². The zero-order valence-electron chi connectivity index (χ0n) is 13.5. The Morgan fingerprint density at radius 3 is 2.50 bits per heavy atom. The van der Waals surface area contributed by atoms with Crippen LogP contribution in [0.15, 0.2) is 18.5 Å². The van der Waals surface area contributed by atoms with E-state index >= 15 is 0 Å². The smallest absolute Gasteiger partial charge is 0.225 e. The van der Waals surface area contributed by atoms with Crippen LogP contribution < -0.4 is 4.90 Å². The number of hydrogen-bond donors (Lipinski definition) is 1. The maximum absolute atomic E-state index is 11.3. The lowest BCUT2D eigenvalue weighted by molar-refractivity contribution is -0.111. The second-order valence-electron chi connectivity index (χ2n) is 7.02. The molecular weight excluding hydrogens is 280 g/mol. The molecule has 1 atom stereocenters. The topological polar surface area (TPSA) is 61.7 Å². The van der Waals surface area contributed by atoms with Gasteiger partial charge in [-0.25, -0.2) is 9.97 Å². The first kappa shape index (κ1) is 15.6. The van der Waals surface area contributed by atoms with Gasteiger partial charge in [-0.2, -0.15) is 0 Å². The van der Waals surface area contributed by atoms with E-state index in [9.17, 15) is 5.11 Å². The number of nitrogens with zero attached hydrogens (tertiary/aromatic N) is 4. The van der Waals surface area contributed by atoms with Gasteiger partial charge in [0.1, 0.15) is 0 Å². The minimum Gasteiger partial charge on any atom is -0.388 e. The number of aliphatic hydroxyl groups is 1. The van der Waals surface area contributed by atoms with E-state index in [1.165, 1.54) is 0 Å². The van der Waals surface area contributed by atoms with Crippen LogP contribution in [-0.2, 0) is 4.74 Å². The number of β-amino-alcohol motifs (C(OH)–C–C–N with tert-alkyl or cyclic N) is 1. The van der Waals surface area contributed by atoms with Crippen LogP contribution in [0.3, 0.4) is 0 Å². The molecule has 0 spiro atoms. The van der Waals surface area contributed by atoms with E-state index in [1.54, 1.807) is 12.4 Å². The second-order valence-corrected chi connectivity index (χ2v) is 7.02. The molecule has 6 heteroatoms. The molecule has 0 amide bonds. The van der Waals surface area contributed by atoms with Crippen molar-refractivity contribution >= 4 is 5.95 Å². The molecule has 2 aliphatic rings. The van der Waals surface area contributed by atoms with E-state index in [0.717, 1.165) is 51.8 Å². The largest absolute Gasteiger partial charge is 0.388 e. The predicted molar refractivity (Wildman–Crippen MR) is 84.9 cm³/mol. The first-order valence-electron chi connectivity index (χ1n) is 8.05. The highest BCUT2D eigenvalue weighted by Gasteiger charge is 2.48. The van der Waals surface area contributed by atoms with Crippen molar-refractivity contribution in [3.63, 3.8) is 0 Å². The molecule has 122 valence electrons. The van der Waals surface area contributed by atoms with Gasteiger partial charge in [-0.3, -0.25) is 4.90 Å². The molecule has 1 N–H and O–H groups in total. The normalized spacial score (nSPS) is 29.5. The summed E-state index contributed by atoms with van der Waals surface area (Å²) < 4.78 is 5.40. The van der Waals surface area contributed by atoms with Crippen LogP contribution in [0, 0.1) is 5.41 Å². The first-order chi connectivity index (χ1) is 10.5. The Kier molecular flexibility index (Phi) is 4.34. The van der Waals surface area contributed by atoms with Crippen molar-refractivity contribution in [1.29, 1.82) is 0 Å². The summed E-state index contributed by atoms with van der Waals surface area (Å²) in [5, 5.41) is 11.3. The molecule has 1 aromatic rings. The van der Waals surface area contributed by atoms with Gasteiger partial charge < -0.3 is 14.7 Å². The van der Waals surface area contributed by atoms with Crippen molar-refractivity contribution in [1.82, 2.24) is 14.9 Å². The number of morpholine rings is 1. The molecule has 6 nitrogen and oxygen atoms in total. The molecular formula is C16H26N4O2. The molecule has 0 bridgehead atoms. The monoisotopic (exact) mass is 306 g/mol. The van der Waals surface area contributed by atoms with Crippen LogP contribution in [0.4, 0.5) is 5.95 Å². The van der Waals surface area contributed by atoms with Crippen LogP contribution in [0.5, 0.6) is 0 Å². The Labute approximate surface area is 132 Å². The second kappa shape index (κ2) is 6.10. The van der Waals surface area contributed by atoms with E-state index in [4.69, 9.17) is 4.74 Å². The molecule has 2 aliphatic heterocycles. The maximum Gasteiger partial charge on any atom is 0.225 e. The fraction of sp³-hybridized carbons (Fsp3) is 0.750. The van der Waals surface area contributed by atoms with Gasteiger partial charge >= 0.3 is 0 Å². The Balaban J connectivity index is 1.69. The van der Waals surface area contributed by atoms with Gasteiger partial charge in [-0.15, -0.1) is 0 Å². The third-order valence-electron chi connectivity index (χ3n) is 5.07. The standard InChI is InChI=1S/C16H26N4O2/c1-15(2)12-20(14-17-5-3-6-18-14)7-4-16(15,21)13-19-8-10-22-11-9-19/h3,5-6,21H,4,7-13H2,1-2H3. The fourth-order valence-corrected chi connectivity index (χ4v) is 3.41. The summed E-state index contributed by atoms with van der Waals surface area (Å²) in [4.78, 5) is 13.2. The van der Waals surface area contributed by atoms with Crippen LogP contribution in [0.1, 0.15) is 20.3 Å². The highest BCUT2D eigenvalue weighted by atomic mass is 16.5. The van der Waals surface area contributed by atoms with Gasteiger partial charge in [0, 0.05) is 50.5 Å². The van der Waals surface area contributed by atoms with Gasteiger partial charge in [0.25, 0.3) is 0 Å². The number of rotatable bonds is 3. The van der Waals surface area contributed by atoms with Gasteiger partial charge in [0.05, 0.1) is 18.8 Å². The predicted octanol–water partition coefficient (Wildman–Crippen LogP) is 0.776. The Morgan fingerprint density at radius 2 is 1.86 bits per heavy atom. The summed E-state index contributed by atoms with van der Waals surface area (Å²) in [5.74, 6) is 0.754. The van der Waals surface area contributed by atoms with E-state index < -0.39 is 5.60 Å². The van der Waals surface area contributed by atoms with Crippen molar-refractivity contribution in [2.75, 3.05) is 50.8 Å². The lowest BCUT2D eigenvalue weighted by atomic mass is 9.69. The SMILES string of the molecule is CC1(C)CN(c2ncccn2)CCC1(O)CN1CCOCC1. The molecule has 0 aromatic carbocycles. The molecule has 0 radical (unpaired) electrons. The van der Waals surface area contributed by atoms with E-state index in [0.29, 0.717) is 6.54 Å². The summed E-state index contributed by atoms with van der Waals surface area (Å²) in [6, 6.07) is 1.83. The molecule has 3 heterocycles. The minimum absolute atomic E-state index is 0.219. The molecule has 0 aliphatic carbocycles. The number of piperidine rings is 1. The van der Waals surface area contributed by atoms with Crippen LogP contribution in [-0.4, -0.2) is 71.5 Å². The van der Waals surface area contributed by atoms with Crippen LogP contribution in [0.2, 0.25) is 0 Å². The molecule has 2 fully saturated rings. The lowest BCUT2D eigenvalue weighted by Gasteiger charge is -2.52. The van der Waals surface area contributed by atoms with Gasteiger partial charge in [-0.05, 0) is 12.5 Å². The quantitative estimate of drug-likeness (QED) is 0.890. The van der Waals surface area contributed by atoms with Crippen molar-refractivity contribution in [2.45, 2.75) is 25.9 Å². The zero-order chi connectivity index (χ0) is 15.6. The van der Waals surface area contributed by atoms with Crippen LogP contribution >= 0.6 is 0 Å². The number of ether oxygens (including phenoxy) is 1. The third kappa shape index (κ3) is 3.09.